The minimum Gasteiger partial charge on any atom is -0.477 e. The van der Waals surface area contributed by atoms with Gasteiger partial charge in [0, 0.05) is 18.1 Å². The Balaban J connectivity index is 1.93. The average molecular weight is 303 g/mol. The van der Waals surface area contributed by atoms with Gasteiger partial charge in [0.05, 0.1) is 0 Å². The average Bonchev–Trinajstić information content (AvgIpc) is 2.52. The van der Waals surface area contributed by atoms with Crippen LogP contribution in [0.15, 0.2) is 41.9 Å². The molecule has 0 aromatic carbocycles. The molecule has 1 saturated heterocycles. The summed E-state index contributed by atoms with van der Waals surface area (Å²) in [4.78, 5) is 28.5. The van der Waals surface area contributed by atoms with Crippen LogP contribution < -0.4 is 5.73 Å². The molecule has 2 aliphatic rings. The maximum Gasteiger partial charge on any atom is 0.352 e. The molecule has 0 saturated carbocycles. The van der Waals surface area contributed by atoms with Gasteiger partial charge in [-0.25, -0.2) is 4.79 Å². The number of aliphatic carboxylic acids is 1. The quantitative estimate of drug-likeness (QED) is 0.797. The molecule has 2 atom stereocenters. The van der Waals surface area contributed by atoms with Crippen LogP contribution in [0.5, 0.6) is 0 Å². The van der Waals surface area contributed by atoms with E-state index in [1.165, 1.54) is 16.7 Å². The number of fused-ring (bicyclic) bond motifs is 1. The molecule has 1 aromatic heterocycles. The third-order valence-electron chi connectivity index (χ3n) is 3.42. The van der Waals surface area contributed by atoms with Gasteiger partial charge in [-0.1, -0.05) is 12.2 Å². The number of pyridine rings is 1. The molecule has 2 aliphatic heterocycles. The van der Waals surface area contributed by atoms with Crippen LogP contribution in [0.1, 0.15) is 5.56 Å². The molecule has 3 heterocycles. The molecule has 0 aliphatic carbocycles. The number of carbonyl (C=O) groups is 2. The predicted molar refractivity (Wildman–Crippen MR) is 79.0 cm³/mol. The fraction of sp³-hybridized carbons (Fsp3) is 0.214. The van der Waals surface area contributed by atoms with Crippen molar-refractivity contribution in [3.8, 4) is 0 Å². The first-order valence-corrected chi connectivity index (χ1v) is 7.39. The van der Waals surface area contributed by atoms with E-state index in [0.29, 0.717) is 11.3 Å². The Hall–Kier alpha value is -2.12. The molecular weight excluding hydrogens is 290 g/mol. The fourth-order valence-corrected chi connectivity index (χ4v) is 3.60. The van der Waals surface area contributed by atoms with Gasteiger partial charge in [0.2, 0.25) is 5.91 Å². The van der Waals surface area contributed by atoms with E-state index < -0.39 is 12.0 Å². The summed E-state index contributed by atoms with van der Waals surface area (Å²) in [6.07, 6.45) is 6.87. The first kappa shape index (κ1) is 13.8. The van der Waals surface area contributed by atoms with Crippen molar-refractivity contribution < 1.29 is 14.7 Å². The van der Waals surface area contributed by atoms with Crippen molar-refractivity contribution >= 4 is 29.7 Å². The monoisotopic (exact) mass is 303 g/mol. The third kappa shape index (κ3) is 2.34. The zero-order chi connectivity index (χ0) is 15.0. The van der Waals surface area contributed by atoms with Crippen LogP contribution in [-0.2, 0) is 9.59 Å². The van der Waals surface area contributed by atoms with Crippen molar-refractivity contribution in [2.75, 3.05) is 5.75 Å². The van der Waals surface area contributed by atoms with E-state index in [4.69, 9.17) is 5.73 Å². The van der Waals surface area contributed by atoms with Crippen molar-refractivity contribution in [3.05, 3.63) is 47.4 Å². The lowest BCUT2D eigenvalue weighted by molar-refractivity contribution is -0.147. The van der Waals surface area contributed by atoms with Crippen molar-refractivity contribution in [3.63, 3.8) is 0 Å². The second-order valence-electron chi connectivity index (χ2n) is 4.73. The maximum atomic E-state index is 11.8. The number of nitrogens with zero attached hydrogens (tertiary/aromatic N) is 2. The van der Waals surface area contributed by atoms with Gasteiger partial charge in [-0.3, -0.25) is 14.7 Å². The molecule has 1 amide bonds. The molecule has 3 rings (SSSR count). The van der Waals surface area contributed by atoms with Gasteiger partial charge in [0.1, 0.15) is 17.1 Å². The van der Waals surface area contributed by atoms with Crippen molar-refractivity contribution in [2.45, 2.75) is 11.4 Å². The number of rotatable bonds is 3. The van der Waals surface area contributed by atoms with Gasteiger partial charge in [0.15, 0.2) is 0 Å². The number of aromatic nitrogens is 1. The number of allylic oxidation sites excluding steroid dienone is 1. The number of carboxylic acids is 1. The number of carboxylic acid groups (broad SMARTS) is 1. The highest BCUT2D eigenvalue weighted by Gasteiger charge is 2.51. The van der Waals surface area contributed by atoms with E-state index in [2.05, 4.69) is 4.98 Å². The first-order chi connectivity index (χ1) is 10.1. The Kier molecular flexibility index (Phi) is 3.52. The lowest BCUT2D eigenvalue weighted by Crippen LogP contribution is -2.68. The number of β-lactam (4-membered cyclic amide) rings is 1. The zero-order valence-electron chi connectivity index (χ0n) is 11.0. The first-order valence-electron chi connectivity index (χ1n) is 6.34. The highest BCUT2D eigenvalue weighted by Crippen LogP contribution is 2.39. The highest BCUT2D eigenvalue weighted by atomic mass is 32.2. The topological polar surface area (TPSA) is 96.5 Å². The summed E-state index contributed by atoms with van der Waals surface area (Å²) in [5.41, 5.74) is 7.26. The SMILES string of the molecule is NC1C(=O)N2C(C(=O)O)=C(/C=C/c3ccncc3)CS[C@H]12. The van der Waals surface area contributed by atoms with Crippen molar-refractivity contribution in [1.29, 1.82) is 0 Å². The van der Waals surface area contributed by atoms with Crippen LogP contribution in [0.4, 0.5) is 0 Å². The van der Waals surface area contributed by atoms with Crippen LogP contribution in [-0.4, -0.2) is 44.0 Å². The minimum atomic E-state index is -1.10. The standard InChI is InChI=1S/C14H13N3O3S/c15-10-12(18)17-11(14(19)20)9(7-21-13(10)17)2-1-8-3-5-16-6-4-8/h1-6,10,13H,7,15H2,(H,19,20)/b2-1+/t10?,13-/m1/s1. The maximum absolute atomic E-state index is 11.8. The Morgan fingerprint density at radius 3 is 2.81 bits per heavy atom. The Bertz CT molecular complexity index is 657. The Morgan fingerprint density at radius 1 is 1.43 bits per heavy atom. The van der Waals surface area contributed by atoms with E-state index >= 15 is 0 Å². The largest absolute Gasteiger partial charge is 0.477 e. The summed E-state index contributed by atoms with van der Waals surface area (Å²) < 4.78 is 0. The third-order valence-corrected chi connectivity index (χ3v) is 4.75. The molecule has 0 spiro atoms. The number of nitrogens with two attached hydrogens (primary N) is 1. The van der Waals surface area contributed by atoms with E-state index in [1.807, 2.05) is 18.2 Å². The molecule has 1 fully saturated rings. The molecular formula is C14H13N3O3S. The molecule has 108 valence electrons. The van der Waals surface area contributed by atoms with Gasteiger partial charge in [0.25, 0.3) is 0 Å². The molecule has 3 N–H and O–H groups in total. The van der Waals surface area contributed by atoms with Gasteiger partial charge in [-0.15, -0.1) is 11.8 Å². The van der Waals surface area contributed by atoms with Gasteiger partial charge < -0.3 is 10.8 Å². The number of amides is 1. The second kappa shape index (κ2) is 5.34. The van der Waals surface area contributed by atoms with Crippen LogP contribution in [0.2, 0.25) is 0 Å². The molecule has 6 nitrogen and oxygen atoms in total. The van der Waals surface area contributed by atoms with E-state index in [0.717, 1.165) is 5.56 Å². The second-order valence-corrected chi connectivity index (χ2v) is 5.83. The van der Waals surface area contributed by atoms with Gasteiger partial charge in [-0.2, -0.15) is 0 Å². The molecule has 21 heavy (non-hydrogen) atoms. The molecule has 1 unspecified atom stereocenters. The lowest BCUT2D eigenvalue weighted by atomic mass is 10.0. The van der Waals surface area contributed by atoms with E-state index in [1.54, 1.807) is 18.5 Å². The lowest BCUT2D eigenvalue weighted by Gasteiger charge is -2.47. The number of hydrogen-bond donors (Lipinski definition) is 2. The van der Waals surface area contributed by atoms with E-state index in [9.17, 15) is 14.7 Å². The van der Waals surface area contributed by atoms with Crippen LogP contribution in [0.3, 0.4) is 0 Å². The minimum absolute atomic E-state index is 0.0377. The van der Waals surface area contributed by atoms with Crippen molar-refractivity contribution in [1.82, 2.24) is 9.88 Å². The molecule has 1 aromatic rings. The Labute approximate surface area is 125 Å². The fourth-order valence-electron chi connectivity index (χ4n) is 2.34. The van der Waals surface area contributed by atoms with Crippen LogP contribution in [0, 0.1) is 0 Å². The number of hydrogen-bond acceptors (Lipinski definition) is 5. The smallest absolute Gasteiger partial charge is 0.352 e. The summed E-state index contributed by atoms with van der Waals surface area (Å²) in [6.45, 7) is 0. The molecule has 7 heteroatoms. The van der Waals surface area contributed by atoms with Gasteiger partial charge >= 0.3 is 5.97 Å². The van der Waals surface area contributed by atoms with Crippen LogP contribution in [0.25, 0.3) is 6.08 Å². The Morgan fingerprint density at radius 2 is 2.14 bits per heavy atom. The highest BCUT2D eigenvalue weighted by molar-refractivity contribution is 8.00. The summed E-state index contributed by atoms with van der Waals surface area (Å²) >= 11 is 1.48. The normalized spacial score (nSPS) is 25.0. The predicted octanol–water partition coefficient (Wildman–Crippen LogP) is 0.676. The van der Waals surface area contributed by atoms with Crippen LogP contribution >= 0.6 is 11.8 Å². The summed E-state index contributed by atoms with van der Waals surface area (Å²) in [5.74, 6) is -0.917. The molecule has 0 bridgehead atoms. The summed E-state index contributed by atoms with van der Waals surface area (Å²) in [5, 5.41) is 9.12. The summed E-state index contributed by atoms with van der Waals surface area (Å²) in [6, 6.07) is 3.04. The number of carbonyl (C=O) groups excluding carboxylic acids is 1. The number of thioether (sulfide) groups is 1. The molecule has 0 radical (unpaired) electrons. The summed E-state index contributed by atoms with van der Waals surface area (Å²) in [7, 11) is 0. The van der Waals surface area contributed by atoms with Gasteiger partial charge in [-0.05, 0) is 23.3 Å². The zero-order valence-corrected chi connectivity index (χ0v) is 11.8. The van der Waals surface area contributed by atoms with Crippen molar-refractivity contribution in [2.24, 2.45) is 5.73 Å². The van der Waals surface area contributed by atoms with E-state index in [-0.39, 0.29) is 17.0 Å².